The summed E-state index contributed by atoms with van der Waals surface area (Å²) >= 11 is 1.74. The Morgan fingerprint density at radius 2 is 1.91 bits per heavy atom. The maximum Gasteiger partial charge on any atom is 0.159 e. The summed E-state index contributed by atoms with van der Waals surface area (Å²) in [6.07, 6.45) is 9.20. The van der Waals surface area contributed by atoms with Crippen molar-refractivity contribution < 1.29 is 0 Å². The summed E-state index contributed by atoms with van der Waals surface area (Å²) in [6, 6.07) is 8.39. The van der Waals surface area contributed by atoms with Gasteiger partial charge in [0.15, 0.2) is 5.82 Å². The Kier molecular flexibility index (Phi) is 5.12. The van der Waals surface area contributed by atoms with Crippen LogP contribution in [-0.2, 0) is 6.54 Å². The highest BCUT2D eigenvalue weighted by atomic mass is 32.1. The van der Waals surface area contributed by atoms with Crippen LogP contribution in [0.5, 0.6) is 0 Å². The van der Waals surface area contributed by atoms with Crippen LogP contribution in [0.25, 0.3) is 55.2 Å². The van der Waals surface area contributed by atoms with E-state index in [9.17, 15) is 0 Å². The smallest absolute Gasteiger partial charge is 0.159 e. The van der Waals surface area contributed by atoms with Gasteiger partial charge in [0.1, 0.15) is 11.2 Å². The number of pyridine rings is 3. The zero-order valence-corrected chi connectivity index (χ0v) is 19.6. The third kappa shape index (κ3) is 3.64. The summed E-state index contributed by atoms with van der Waals surface area (Å²) in [7, 11) is 0. The van der Waals surface area contributed by atoms with Gasteiger partial charge in [-0.05, 0) is 43.3 Å². The fourth-order valence-corrected chi connectivity index (χ4v) is 4.93. The monoisotopic (exact) mass is 466 g/mol. The van der Waals surface area contributed by atoms with Crippen molar-refractivity contribution in [1.29, 1.82) is 0 Å². The molecule has 6 aromatic rings. The van der Waals surface area contributed by atoms with Crippen molar-refractivity contribution in [3.8, 4) is 33.2 Å². The number of fused-ring (bicyclic) bond motifs is 2. The Bertz CT molecular complexity index is 1630. The molecule has 0 bridgehead atoms. The molecular formula is C25H22N8S. The van der Waals surface area contributed by atoms with Crippen LogP contribution in [0.15, 0.2) is 55.2 Å². The first-order chi connectivity index (χ1) is 16.7. The molecule has 8 nitrogen and oxygen atoms in total. The highest BCUT2D eigenvalue weighted by molar-refractivity contribution is 7.15. The van der Waals surface area contributed by atoms with E-state index in [1.807, 2.05) is 30.9 Å². The molecule has 0 aliphatic carbocycles. The Labute approximate surface area is 199 Å². The molecule has 34 heavy (non-hydrogen) atoms. The second-order valence-electron chi connectivity index (χ2n) is 8.13. The summed E-state index contributed by atoms with van der Waals surface area (Å²) in [4.78, 5) is 24.2. The topological polar surface area (TPSA) is 108 Å². The summed E-state index contributed by atoms with van der Waals surface area (Å²) < 4.78 is 0. The van der Waals surface area contributed by atoms with Crippen LogP contribution in [0.3, 0.4) is 0 Å². The maximum atomic E-state index is 4.93. The Hall–Kier alpha value is -3.95. The molecule has 0 unspecified atom stereocenters. The van der Waals surface area contributed by atoms with Crippen molar-refractivity contribution in [1.82, 2.24) is 40.4 Å². The van der Waals surface area contributed by atoms with Gasteiger partial charge in [-0.1, -0.05) is 6.92 Å². The number of aromatic nitrogens is 7. The number of hydrogen-bond acceptors (Lipinski definition) is 7. The van der Waals surface area contributed by atoms with E-state index in [-0.39, 0.29) is 0 Å². The van der Waals surface area contributed by atoms with Crippen LogP contribution in [0.2, 0.25) is 0 Å². The van der Waals surface area contributed by atoms with E-state index in [4.69, 9.17) is 4.98 Å². The number of aryl methyl sites for hydroxylation is 1. The van der Waals surface area contributed by atoms with Gasteiger partial charge in [0, 0.05) is 51.4 Å². The van der Waals surface area contributed by atoms with Crippen LogP contribution in [-0.4, -0.2) is 41.7 Å². The molecule has 9 heteroatoms. The van der Waals surface area contributed by atoms with E-state index >= 15 is 0 Å². The highest BCUT2D eigenvalue weighted by Crippen LogP contribution is 2.34. The van der Waals surface area contributed by atoms with Gasteiger partial charge in [-0.15, -0.1) is 11.3 Å². The molecular weight excluding hydrogens is 444 g/mol. The molecule has 0 amide bonds. The third-order valence-electron chi connectivity index (χ3n) is 5.74. The van der Waals surface area contributed by atoms with Gasteiger partial charge in [-0.2, -0.15) is 5.10 Å². The lowest BCUT2D eigenvalue weighted by atomic mass is 10.1. The van der Waals surface area contributed by atoms with Crippen molar-refractivity contribution in [2.75, 3.05) is 6.54 Å². The molecule has 6 rings (SSSR count). The van der Waals surface area contributed by atoms with Crippen molar-refractivity contribution in [3.63, 3.8) is 0 Å². The molecule has 6 heterocycles. The fraction of sp³-hybridized carbons (Fsp3) is 0.160. The molecule has 3 N–H and O–H groups in total. The number of nitrogens with zero attached hydrogens (tertiary/aromatic N) is 5. The molecule has 0 saturated carbocycles. The van der Waals surface area contributed by atoms with Gasteiger partial charge in [0.25, 0.3) is 0 Å². The minimum Gasteiger partial charge on any atom is -0.335 e. The number of H-pyrrole nitrogens is 2. The lowest BCUT2D eigenvalue weighted by Crippen LogP contribution is -2.11. The summed E-state index contributed by atoms with van der Waals surface area (Å²) in [5, 5.41) is 11.9. The van der Waals surface area contributed by atoms with Gasteiger partial charge < -0.3 is 10.3 Å². The first kappa shape index (κ1) is 20.6. The average Bonchev–Trinajstić information content (AvgIpc) is 3.59. The number of hydrogen-bond donors (Lipinski definition) is 3. The Balaban J connectivity index is 1.44. The summed E-state index contributed by atoms with van der Waals surface area (Å²) in [5.74, 6) is 0.694. The zero-order valence-electron chi connectivity index (χ0n) is 18.8. The molecule has 0 atom stereocenters. The second-order valence-corrected chi connectivity index (χ2v) is 9.42. The predicted octanol–water partition coefficient (Wildman–Crippen LogP) is 5.10. The zero-order chi connectivity index (χ0) is 23.1. The largest absolute Gasteiger partial charge is 0.335 e. The van der Waals surface area contributed by atoms with Gasteiger partial charge in [0.05, 0.1) is 29.1 Å². The molecule has 0 aliphatic rings. The van der Waals surface area contributed by atoms with Crippen LogP contribution in [0.1, 0.15) is 17.4 Å². The van der Waals surface area contributed by atoms with Crippen molar-refractivity contribution >= 4 is 33.3 Å². The van der Waals surface area contributed by atoms with Crippen LogP contribution in [0, 0.1) is 6.92 Å². The molecule has 0 saturated heterocycles. The van der Waals surface area contributed by atoms with E-state index in [0.717, 1.165) is 68.0 Å². The number of rotatable bonds is 6. The highest BCUT2D eigenvalue weighted by Gasteiger charge is 2.17. The van der Waals surface area contributed by atoms with E-state index in [0.29, 0.717) is 5.82 Å². The van der Waals surface area contributed by atoms with Gasteiger partial charge in [0.2, 0.25) is 0 Å². The van der Waals surface area contributed by atoms with E-state index in [2.05, 4.69) is 67.5 Å². The maximum absolute atomic E-state index is 4.93. The van der Waals surface area contributed by atoms with E-state index < -0.39 is 0 Å². The predicted molar refractivity (Wildman–Crippen MR) is 135 cm³/mol. The fourth-order valence-electron chi connectivity index (χ4n) is 4.05. The molecule has 0 spiro atoms. The third-order valence-corrected chi connectivity index (χ3v) is 6.78. The summed E-state index contributed by atoms with van der Waals surface area (Å²) in [6.45, 7) is 5.87. The van der Waals surface area contributed by atoms with Crippen LogP contribution < -0.4 is 5.32 Å². The first-order valence-electron chi connectivity index (χ1n) is 11.1. The number of aromatic amines is 2. The van der Waals surface area contributed by atoms with Crippen LogP contribution >= 0.6 is 11.3 Å². The van der Waals surface area contributed by atoms with E-state index in [1.165, 1.54) is 4.88 Å². The standard InChI is InChI=1S/C25H22N8S/c1-3-26-8-15-6-16(10-27-9-15)19-7-17-20(13-29-19)32-33-24(17)25-30-21-12-28-11-18(23(21)31-25)22-5-4-14(2)34-22/h4-7,9-13,26H,3,8H2,1-2H3,(H,30,31)(H,32,33). The lowest BCUT2D eigenvalue weighted by molar-refractivity contribution is 0.724. The molecule has 0 radical (unpaired) electrons. The quantitative estimate of drug-likeness (QED) is 0.315. The van der Waals surface area contributed by atoms with Crippen molar-refractivity contribution in [2.45, 2.75) is 20.4 Å². The van der Waals surface area contributed by atoms with Crippen molar-refractivity contribution in [3.05, 3.63) is 65.7 Å². The van der Waals surface area contributed by atoms with Gasteiger partial charge in [-0.25, -0.2) is 4.98 Å². The van der Waals surface area contributed by atoms with Crippen molar-refractivity contribution in [2.24, 2.45) is 0 Å². The Morgan fingerprint density at radius 3 is 2.76 bits per heavy atom. The van der Waals surface area contributed by atoms with Gasteiger partial charge in [-0.3, -0.25) is 20.1 Å². The molecule has 168 valence electrons. The normalized spacial score (nSPS) is 11.6. The number of nitrogens with one attached hydrogen (secondary N) is 3. The van der Waals surface area contributed by atoms with Gasteiger partial charge >= 0.3 is 0 Å². The minimum absolute atomic E-state index is 0.694. The number of thiophene rings is 1. The number of imidazole rings is 1. The molecule has 6 aromatic heterocycles. The SMILES string of the molecule is CCNCc1cncc(-c2cc3c(-c4nc5c(-c6ccc(C)s6)cncc5[nH]4)n[nH]c3cn2)c1. The van der Waals surface area contributed by atoms with E-state index in [1.54, 1.807) is 17.5 Å². The lowest BCUT2D eigenvalue weighted by Gasteiger charge is -2.05. The average molecular weight is 467 g/mol. The Morgan fingerprint density at radius 1 is 1.00 bits per heavy atom. The minimum atomic E-state index is 0.694. The molecule has 0 fully saturated rings. The first-order valence-corrected chi connectivity index (χ1v) is 11.9. The molecule has 0 aromatic carbocycles. The summed E-state index contributed by atoms with van der Waals surface area (Å²) in [5.41, 5.74) is 7.31. The van der Waals surface area contributed by atoms with Crippen LogP contribution in [0.4, 0.5) is 0 Å². The molecule has 0 aliphatic heterocycles. The second kappa shape index (κ2) is 8.44.